The van der Waals surface area contributed by atoms with Crippen LogP contribution in [0.3, 0.4) is 0 Å². The highest BCUT2D eigenvalue weighted by atomic mass is 16.1. The van der Waals surface area contributed by atoms with Crippen molar-refractivity contribution in [3.05, 3.63) is 36.0 Å². The number of carbonyl (C=O) groups is 1. The van der Waals surface area contributed by atoms with E-state index in [0.717, 1.165) is 24.2 Å². The number of hydrogen-bond acceptors (Lipinski definition) is 4. The molecule has 6 heteroatoms. The second-order valence-corrected chi connectivity index (χ2v) is 5.73. The summed E-state index contributed by atoms with van der Waals surface area (Å²) in [5, 5.41) is 15.9. The van der Waals surface area contributed by atoms with E-state index in [1.807, 2.05) is 6.07 Å². The van der Waals surface area contributed by atoms with Gasteiger partial charge in [-0.15, -0.1) is 0 Å². The molecule has 0 radical (unpaired) electrons. The molecule has 0 aliphatic heterocycles. The quantitative estimate of drug-likeness (QED) is 0.724. The fourth-order valence-electron chi connectivity index (χ4n) is 2.45. The maximum atomic E-state index is 11.9. The Morgan fingerprint density at radius 2 is 1.96 bits per heavy atom. The second kappa shape index (κ2) is 8.73. The molecule has 1 heterocycles. The summed E-state index contributed by atoms with van der Waals surface area (Å²) in [6, 6.07) is 9.21. The number of nitrogens with zero attached hydrogens (tertiary/aromatic N) is 3. The van der Waals surface area contributed by atoms with Crippen LogP contribution in [0.1, 0.15) is 51.0 Å². The fourth-order valence-corrected chi connectivity index (χ4v) is 2.45. The molecular weight excluding hydrogens is 302 g/mol. The maximum Gasteiger partial charge on any atom is 0.224 e. The molecule has 0 fully saturated rings. The van der Waals surface area contributed by atoms with E-state index in [2.05, 4.69) is 17.3 Å². The molecule has 1 amide bonds. The number of nitrogens with one attached hydrogen (secondary N) is 1. The first-order valence-corrected chi connectivity index (χ1v) is 8.29. The van der Waals surface area contributed by atoms with Crippen molar-refractivity contribution in [3.63, 3.8) is 0 Å². The third kappa shape index (κ3) is 4.59. The van der Waals surface area contributed by atoms with Crippen LogP contribution in [0.4, 0.5) is 11.5 Å². The van der Waals surface area contributed by atoms with Gasteiger partial charge in [0.05, 0.1) is 11.9 Å². The van der Waals surface area contributed by atoms with Gasteiger partial charge < -0.3 is 11.1 Å². The highest BCUT2D eigenvalue weighted by molar-refractivity contribution is 5.90. The van der Waals surface area contributed by atoms with Gasteiger partial charge in [0.1, 0.15) is 17.5 Å². The summed E-state index contributed by atoms with van der Waals surface area (Å²) >= 11 is 0. The molecule has 1 aromatic carbocycles. The number of aromatic nitrogens is 2. The lowest BCUT2D eigenvalue weighted by Crippen LogP contribution is -2.11. The molecule has 0 unspecified atom stereocenters. The molecule has 2 aromatic rings. The molecule has 126 valence electrons. The van der Waals surface area contributed by atoms with Crippen LogP contribution in [-0.2, 0) is 4.79 Å². The molecule has 6 nitrogen and oxygen atoms in total. The summed E-state index contributed by atoms with van der Waals surface area (Å²) in [6.45, 7) is 2.17. The van der Waals surface area contributed by atoms with Crippen molar-refractivity contribution in [1.29, 1.82) is 5.26 Å². The van der Waals surface area contributed by atoms with Gasteiger partial charge in [-0.1, -0.05) is 32.6 Å². The minimum atomic E-state index is 0.0321. The lowest BCUT2D eigenvalue weighted by Gasteiger charge is -2.08. The average Bonchev–Trinajstić information content (AvgIpc) is 2.96. The fraction of sp³-hybridized carbons (Fsp3) is 0.389. The predicted molar refractivity (Wildman–Crippen MR) is 94.7 cm³/mol. The first-order chi connectivity index (χ1) is 11.7. The molecule has 0 saturated carbocycles. The molecule has 0 atom stereocenters. The topological polar surface area (TPSA) is 96.7 Å². The van der Waals surface area contributed by atoms with Crippen LogP contribution in [0.15, 0.2) is 30.5 Å². The van der Waals surface area contributed by atoms with Crippen LogP contribution in [0.2, 0.25) is 0 Å². The third-order valence-corrected chi connectivity index (χ3v) is 3.83. The van der Waals surface area contributed by atoms with Gasteiger partial charge in [0.25, 0.3) is 0 Å². The van der Waals surface area contributed by atoms with Crippen molar-refractivity contribution in [3.8, 4) is 11.8 Å². The molecule has 24 heavy (non-hydrogen) atoms. The first-order valence-electron chi connectivity index (χ1n) is 8.29. The summed E-state index contributed by atoms with van der Waals surface area (Å²) in [7, 11) is 0. The van der Waals surface area contributed by atoms with Crippen molar-refractivity contribution in [1.82, 2.24) is 9.78 Å². The summed E-state index contributed by atoms with van der Waals surface area (Å²) in [4.78, 5) is 11.9. The van der Waals surface area contributed by atoms with Crippen molar-refractivity contribution in [2.45, 2.75) is 45.4 Å². The number of benzene rings is 1. The Balaban J connectivity index is 1.89. The second-order valence-electron chi connectivity index (χ2n) is 5.73. The molecule has 2 rings (SSSR count). The average molecular weight is 325 g/mol. The Bertz CT molecular complexity index is 712. The molecule has 0 aliphatic carbocycles. The number of nitrogen functional groups attached to an aromatic ring is 1. The van der Waals surface area contributed by atoms with Gasteiger partial charge in [-0.05, 0) is 30.7 Å². The SMILES string of the molecule is CCCCCCCC(=O)Nc1ccc(-n2ncc(C#N)c2N)cc1. The van der Waals surface area contributed by atoms with Crippen molar-refractivity contribution >= 4 is 17.4 Å². The van der Waals surface area contributed by atoms with Gasteiger partial charge in [0.2, 0.25) is 5.91 Å². The van der Waals surface area contributed by atoms with E-state index in [9.17, 15) is 4.79 Å². The van der Waals surface area contributed by atoms with Gasteiger partial charge in [-0.25, -0.2) is 4.68 Å². The minimum absolute atomic E-state index is 0.0321. The van der Waals surface area contributed by atoms with E-state index < -0.39 is 0 Å². The Labute approximate surface area is 142 Å². The van der Waals surface area contributed by atoms with Crippen molar-refractivity contribution in [2.24, 2.45) is 0 Å². The molecule has 0 saturated heterocycles. The van der Waals surface area contributed by atoms with E-state index in [-0.39, 0.29) is 5.91 Å². The maximum absolute atomic E-state index is 11.9. The van der Waals surface area contributed by atoms with E-state index in [1.54, 1.807) is 24.3 Å². The summed E-state index contributed by atoms with van der Waals surface area (Å²) < 4.78 is 1.50. The summed E-state index contributed by atoms with van der Waals surface area (Å²) in [5.74, 6) is 0.339. The third-order valence-electron chi connectivity index (χ3n) is 3.83. The number of hydrogen-bond donors (Lipinski definition) is 2. The molecular formula is C18H23N5O. The van der Waals surface area contributed by atoms with Crippen LogP contribution < -0.4 is 11.1 Å². The highest BCUT2D eigenvalue weighted by Crippen LogP contribution is 2.18. The zero-order valence-electron chi connectivity index (χ0n) is 14.0. The predicted octanol–water partition coefficient (Wildman–Crippen LogP) is 3.63. The number of rotatable bonds is 8. The number of anilines is 2. The van der Waals surface area contributed by atoms with Gasteiger partial charge in [0, 0.05) is 12.1 Å². The normalized spacial score (nSPS) is 10.3. The smallest absolute Gasteiger partial charge is 0.224 e. The number of carbonyl (C=O) groups excluding carboxylic acids is 1. The van der Waals surface area contributed by atoms with Crippen LogP contribution in [0, 0.1) is 11.3 Å². The van der Waals surface area contributed by atoms with Gasteiger partial charge in [0.15, 0.2) is 0 Å². The number of nitrogens with two attached hydrogens (primary N) is 1. The Morgan fingerprint density at radius 3 is 2.58 bits per heavy atom. The largest absolute Gasteiger partial charge is 0.382 e. The zero-order valence-corrected chi connectivity index (χ0v) is 14.0. The van der Waals surface area contributed by atoms with Crippen LogP contribution in [0.5, 0.6) is 0 Å². The van der Waals surface area contributed by atoms with Crippen LogP contribution in [0.25, 0.3) is 5.69 Å². The molecule has 0 aliphatic rings. The Morgan fingerprint density at radius 1 is 1.25 bits per heavy atom. The molecule has 0 spiro atoms. The van der Waals surface area contributed by atoms with Crippen LogP contribution >= 0.6 is 0 Å². The Hall–Kier alpha value is -2.81. The highest BCUT2D eigenvalue weighted by Gasteiger charge is 2.08. The number of nitriles is 1. The van der Waals surface area contributed by atoms with Crippen molar-refractivity contribution < 1.29 is 4.79 Å². The van der Waals surface area contributed by atoms with Crippen LogP contribution in [-0.4, -0.2) is 15.7 Å². The lowest BCUT2D eigenvalue weighted by atomic mass is 10.1. The number of unbranched alkanes of at least 4 members (excludes halogenated alkanes) is 4. The van der Waals surface area contributed by atoms with E-state index in [1.165, 1.54) is 30.1 Å². The summed E-state index contributed by atoms with van der Waals surface area (Å²) in [5.41, 5.74) is 7.69. The van der Waals surface area contributed by atoms with E-state index in [0.29, 0.717) is 17.8 Å². The van der Waals surface area contributed by atoms with Gasteiger partial charge >= 0.3 is 0 Å². The monoisotopic (exact) mass is 325 g/mol. The van der Waals surface area contributed by atoms with Gasteiger partial charge in [-0.2, -0.15) is 10.4 Å². The Kier molecular flexibility index (Phi) is 6.38. The first kappa shape index (κ1) is 17.5. The summed E-state index contributed by atoms with van der Waals surface area (Å²) in [6.07, 6.45) is 7.62. The van der Waals surface area contributed by atoms with E-state index in [4.69, 9.17) is 11.0 Å². The van der Waals surface area contributed by atoms with E-state index >= 15 is 0 Å². The van der Waals surface area contributed by atoms with Crippen molar-refractivity contribution in [2.75, 3.05) is 11.1 Å². The standard InChI is InChI=1S/C18H23N5O/c1-2-3-4-5-6-7-17(24)22-15-8-10-16(11-9-15)23-18(20)14(12-19)13-21-23/h8-11,13H,2-7,20H2,1H3,(H,22,24). The molecule has 0 bridgehead atoms. The minimum Gasteiger partial charge on any atom is -0.382 e. The lowest BCUT2D eigenvalue weighted by molar-refractivity contribution is -0.116. The molecule has 3 N–H and O–H groups in total. The molecule has 1 aromatic heterocycles. The van der Waals surface area contributed by atoms with Gasteiger partial charge in [-0.3, -0.25) is 4.79 Å². The zero-order chi connectivity index (χ0) is 17.4. The number of amides is 1.